The third-order valence-electron chi connectivity index (χ3n) is 3.45. The minimum absolute atomic E-state index is 0.156. The number of ether oxygens (including phenoxy) is 2. The summed E-state index contributed by atoms with van der Waals surface area (Å²) >= 11 is 1.38. The zero-order valence-electron chi connectivity index (χ0n) is 12.5. The Bertz CT molecular complexity index is 821. The highest BCUT2D eigenvalue weighted by Gasteiger charge is 2.20. The average molecular weight is 313 g/mol. The minimum atomic E-state index is -0.156. The molecular weight excluding hydrogens is 298 g/mol. The van der Waals surface area contributed by atoms with Gasteiger partial charge in [0, 0.05) is 0 Å². The molecule has 3 aromatic rings. The van der Waals surface area contributed by atoms with E-state index in [0.717, 1.165) is 15.8 Å². The van der Waals surface area contributed by atoms with Crippen molar-refractivity contribution < 1.29 is 14.3 Å². The molecule has 0 spiro atoms. The Hall–Kier alpha value is -2.40. The maximum Gasteiger partial charge on any atom is 0.225 e. The van der Waals surface area contributed by atoms with E-state index >= 15 is 0 Å². The second-order valence-electron chi connectivity index (χ2n) is 4.84. The normalized spacial score (nSPS) is 10.7. The SMILES string of the molecule is COc1cc(C(=O)c2nc3ccccc3s2)c(OC)cc1C. The van der Waals surface area contributed by atoms with E-state index < -0.39 is 0 Å². The van der Waals surface area contributed by atoms with Crippen LogP contribution in [-0.2, 0) is 0 Å². The number of para-hydroxylation sites is 1. The first-order valence-electron chi connectivity index (χ1n) is 6.77. The molecule has 0 atom stereocenters. The van der Waals surface area contributed by atoms with Crippen molar-refractivity contribution in [3.8, 4) is 11.5 Å². The fourth-order valence-corrected chi connectivity index (χ4v) is 3.23. The van der Waals surface area contributed by atoms with Gasteiger partial charge in [-0.25, -0.2) is 4.98 Å². The zero-order valence-corrected chi connectivity index (χ0v) is 13.4. The molecule has 2 aromatic carbocycles. The molecule has 22 heavy (non-hydrogen) atoms. The van der Waals surface area contributed by atoms with Crippen LogP contribution in [0.4, 0.5) is 0 Å². The monoisotopic (exact) mass is 313 g/mol. The van der Waals surface area contributed by atoms with Gasteiger partial charge in [-0.2, -0.15) is 0 Å². The van der Waals surface area contributed by atoms with Gasteiger partial charge in [-0.05, 0) is 36.8 Å². The smallest absolute Gasteiger partial charge is 0.225 e. The van der Waals surface area contributed by atoms with Crippen LogP contribution in [0.5, 0.6) is 11.5 Å². The van der Waals surface area contributed by atoms with Gasteiger partial charge in [0.2, 0.25) is 5.78 Å². The summed E-state index contributed by atoms with van der Waals surface area (Å²) in [5.74, 6) is 1.03. The van der Waals surface area contributed by atoms with Gasteiger partial charge >= 0.3 is 0 Å². The average Bonchev–Trinajstić information content (AvgIpc) is 2.97. The van der Waals surface area contributed by atoms with Crippen LogP contribution in [-0.4, -0.2) is 25.0 Å². The topological polar surface area (TPSA) is 48.4 Å². The molecule has 0 amide bonds. The Morgan fingerprint density at radius 2 is 1.82 bits per heavy atom. The Kier molecular flexibility index (Phi) is 3.81. The summed E-state index contributed by atoms with van der Waals surface area (Å²) in [6.45, 7) is 1.91. The number of hydrogen-bond donors (Lipinski definition) is 0. The van der Waals surface area contributed by atoms with E-state index in [-0.39, 0.29) is 5.78 Å². The van der Waals surface area contributed by atoms with Gasteiger partial charge in [0.15, 0.2) is 5.01 Å². The van der Waals surface area contributed by atoms with Gasteiger partial charge in [0.25, 0.3) is 0 Å². The summed E-state index contributed by atoms with van der Waals surface area (Å²) in [6, 6.07) is 11.2. The Morgan fingerprint density at radius 1 is 1.09 bits per heavy atom. The molecule has 0 saturated heterocycles. The number of aromatic nitrogens is 1. The first-order chi connectivity index (χ1) is 10.6. The molecule has 0 fully saturated rings. The van der Waals surface area contributed by atoms with Crippen LogP contribution in [0.25, 0.3) is 10.2 Å². The fourth-order valence-electron chi connectivity index (χ4n) is 2.31. The van der Waals surface area contributed by atoms with E-state index in [1.54, 1.807) is 26.4 Å². The van der Waals surface area contributed by atoms with Crippen LogP contribution < -0.4 is 9.47 Å². The molecule has 3 rings (SSSR count). The predicted octanol–water partition coefficient (Wildman–Crippen LogP) is 3.85. The van der Waals surface area contributed by atoms with Crippen molar-refractivity contribution in [2.24, 2.45) is 0 Å². The van der Waals surface area contributed by atoms with Gasteiger partial charge in [-0.15, -0.1) is 11.3 Å². The molecule has 0 aliphatic rings. The Balaban J connectivity index is 2.11. The second-order valence-corrected chi connectivity index (χ2v) is 5.87. The van der Waals surface area contributed by atoms with Gasteiger partial charge in [-0.3, -0.25) is 4.79 Å². The number of rotatable bonds is 4. The van der Waals surface area contributed by atoms with Gasteiger partial charge < -0.3 is 9.47 Å². The molecule has 4 nitrogen and oxygen atoms in total. The summed E-state index contributed by atoms with van der Waals surface area (Å²) in [5, 5.41) is 0.449. The van der Waals surface area contributed by atoms with E-state index in [1.807, 2.05) is 31.2 Å². The molecule has 0 aliphatic heterocycles. The summed E-state index contributed by atoms with van der Waals surface area (Å²) in [6.07, 6.45) is 0. The lowest BCUT2D eigenvalue weighted by molar-refractivity contribution is 0.103. The van der Waals surface area contributed by atoms with Crippen LogP contribution >= 0.6 is 11.3 Å². The number of carbonyl (C=O) groups excluding carboxylic acids is 1. The van der Waals surface area contributed by atoms with Crippen molar-refractivity contribution >= 4 is 27.3 Å². The molecule has 1 heterocycles. The van der Waals surface area contributed by atoms with Gasteiger partial charge in [0.05, 0.1) is 30.0 Å². The van der Waals surface area contributed by atoms with Gasteiger partial charge in [-0.1, -0.05) is 12.1 Å². The predicted molar refractivity (Wildman–Crippen MR) is 87.3 cm³/mol. The highest BCUT2D eigenvalue weighted by atomic mass is 32.1. The summed E-state index contributed by atoms with van der Waals surface area (Å²) in [5.41, 5.74) is 2.21. The number of carbonyl (C=O) groups is 1. The molecule has 5 heteroatoms. The van der Waals surface area contributed by atoms with E-state index in [4.69, 9.17) is 9.47 Å². The van der Waals surface area contributed by atoms with Crippen molar-refractivity contribution in [2.45, 2.75) is 6.92 Å². The Morgan fingerprint density at radius 3 is 2.50 bits per heavy atom. The molecule has 0 N–H and O–H groups in total. The number of hydrogen-bond acceptors (Lipinski definition) is 5. The molecule has 112 valence electrons. The zero-order chi connectivity index (χ0) is 15.7. The molecular formula is C17H15NO3S. The third-order valence-corrected chi connectivity index (χ3v) is 4.48. The highest BCUT2D eigenvalue weighted by Crippen LogP contribution is 2.32. The number of methoxy groups -OCH3 is 2. The van der Waals surface area contributed by atoms with Crippen molar-refractivity contribution in [3.63, 3.8) is 0 Å². The highest BCUT2D eigenvalue weighted by molar-refractivity contribution is 7.20. The number of nitrogens with zero attached hydrogens (tertiary/aromatic N) is 1. The van der Waals surface area contributed by atoms with Crippen LogP contribution in [0.1, 0.15) is 20.9 Å². The summed E-state index contributed by atoms with van der Waals surface area (Å²) < 4.78 is 11.6. The van der Waals surface area contributed by atoms with E-state index in [2.05, 4.69) is 4.98 Å². The minimum Gasteiger partial charge on any atom is -0.496 e. The quantitative estimate of drug-likeness (QED) is 0.686. The van der Waals surface area contributed by atoms with Crippen molar-refractivity contribution in [1.29, 1.82) is 0 Å². The number of aryl methyl sites for hydroxylation is 1. The lowest BCUT2D eigenvalue weighted by Gasteiger charge is -2.11. The lowest BCUT2D eigenvalue weighted by atomic mass is 10.1. The first kappa shape index (κ1) is 14.5. The van der Waals surface area contributed by atoms with Crippen molar-refractivity contribution in [1.82, 2.24) is 4.98 Å². The largest absolute Gasteiger partial charge is 0.496 e. The van der Waals surface area contributed by atoms with Crippen molar-refractivity contribution in [2.75, 3.05) is 14.2 Å². The molecule has 0 saturated carbocycles. The van der Waals surface area contributed by atoms with E-state index in [0.29, 0.717) is 22.1 Å². The maximum atomic E-state index is 12.8. The summed E-state index contributed by atoms with van der Waals surface area (Å²) in [7, 11) is 3.14. The molecule has 0 unspecified atom stereocenters. The van der Waals surface area contributed by atoms with Crippen LogP contribution in [0.2, 0.25) is 0 Å². The van der Waals surface area contributed by atoms with Crippen molar-refractivity contribution in [3.05, 3.63) is 52.5 Å². The fraction of sp³-hybridized carbons (Fsp3) is 0.176. The lowest BCUT2D eigenvalue weighted by Crippen LogP contribution is -2.05. The second kappa shape index (κ2) is 5.77. The molecule has 1 aromatic heterocycles. The van der Waals surface area contributed by atoms with Crippen LogP contribution in [0.15, 0.2) is 36.4 Å². The maximum absolute atomic E-state index is 12.8. The number of benzene rings is 2. The van der Waals surface area contributed by atoms with E-state index in [1.165, 1.54) is 11.3 Å². The van der Waals surface area contributed by atoms with Crippen LogP contribution in [0, 0.1) is 6.92 Å². The Labute approximate surface area is 132 Å². The molecule has 0 bridgehead atoms. The number of ketones is 1. The number of thiazole rings is 1. The molecule has 0 aliphatic carbocycles. The number of fused-ring (bicyclic) bond motifs is 1. The standard InChI is InChI=1S/C17H15NO3S/c1-10-8-14(21-3)11(9-13(10)20-2)16(19)17-18-12-6-4-5-7-15(12)22-17/h4-9H,1-3H3. The molecule has 0 radical (unpaired) electrons. The third kappa shape index (κ3) is 2.44. The van der Waals surface area contributed by atoms with Crippen LogP contribution in [0.3, 0.4) is 0 Å². The first-order valence-corrected chi connectivity index (χ1v) is 7.58. The van der Waals surface area contributed by atoms with Gasteiger partial charge in [0.1, 0.15) is 11.5 Å². The summed E-state index contributed by atoms with van der Waals surface area (Å²) in [4.78, 5) is 17.2. The van der Waals surface area contributed by atoms with E-state index in [9.17, 15) is 4.79 Å².